The zero-order chi connectivity index (χ0) is 10.0. The fourth-order valence-corrected chi connectivity index (χ4v) is 1.33. The maximum absolute atomic E-state index is 10.4. The van der Waals surface area contributed by atoms with Crippen molar-refractivity contribution in [2.75, 3.05) is 0 Å². The topological polar surface area (TPSA) is 96.2 Å². The summed E-state index contributed by atoms with van der Waals surface area (Å²) in [6.07, 6.45) is 0.888. The van der Waals surface area contributed by atoms with Crippen LogP contribution in [0.5, 0.6) is 0 Å². The summed E-state index contributed by atoms with van der Waals surface area (Å²) in [4.78, 5) is 12.4. The van der Waals surface area contributed by atoms with Crippen molar-refractivity contribution in [1.29, 1.82) is 0 Å². The maximum Gasteiger partial charge on any atom is 1.00 e. The minimum absolute atomic E-state index is 0. The quantitative estimate of drug-likeness (QED) is 0.195. The summed E-state index contributed by atoms with van der Waals surface area (Å²) < 4.78 is 20.9. The molecule has 0 aliphatic heterocycles. The molecule has 1 aromatic heterocycles. The van der Waals surface area contributed by atoms with Crippen molar-refractivity contribution in [1.82, 2.24) is 4.98 Å². The Balaban J connectivity index is 0.00000169. The molecule has 0 saturated heterocycles. The Hall–Kier alpha value is -0.0500. The van der Waals surface area contributed by atoms with Gasteiger partial charge in [0.1, 0.15) is 11.3 Å². The van der Waals surface area contributed by atoms with Crippen molar-refractivity contribution in [2.45, 2.75) is 4.90 Å². The van der Waals surface area contributed by atoms with Crippen LogP contribution >= 0.6 is 11.6 Å². The number of pyridine rings is 1. The summed E-state index contributed by atoms with van der Waals surface area (Å²) >= 11 is 2.75. The van der Waals surface area contributed by atoms with E-state index in [1.54, 1.807) is 0 Å². The second-order valence-electron chi connectivity index (χ2n) is 1.97. The summed E-state index contributed by atoms with van der Waals surface area (Å²) in [5.41, 5.74) is -0.413. The number of aromatic nitrogens is 1. The minimum Gasteiger partial charge on any atom is -0.768 e. The molecule has 70 valence electrons. The van der Waals surface area contributed by atoms with Gasteiger partial charge in [0.15, 0.2) is 0 Å². The molecule has 1 aromatic rings. The third kappa shape index (κ3) is 3.26. The first-order valence-corrected chi connectivity index (χ1v) is 4.37. The zero-order valence-corrected chi connectivity index (χ0v) is 10.5. The van der Waals surface area contributed by atoms with Gasteiger partial charge in [-0.15, -0.1) is 0 Å². The summed E-state index contributed by atoms with van der Waals surface area (Å²) in [5.74, 6) is 0. The van der Waals surface area contributed by atoms with E-state index in [9.17, 15) is 18.9 Å². The van der Waals surface area contributed by atoms with E-state index in [0.717, 1.165) is 12.3 Å². The van der Waals surface area contributed by atoms with Gasteiger partial charge in [-0.2, -0.15) is 0 Å². The van der Waals surface area contributed by atoms with Gasteiger partial charge in [-0.1, -0.05) is 11.6 Å². The first-order valence-electron chi connectivity index (χ1n) is 2.91. The molecular formula is C5H2ClN2NaO4S. The van der Waals surface area contributed by atoms with Gasteiger partial charge < -0.3 is 4.55 Å². The predicted octanol–water partition coefficient (Wildman–Crippen LogP) is -2.11. The van der Waals surface area contributed by atoms with E-state index >= 15 is 0 Å². The fraction of sp³-hybridized carbons (Fsp3) is 0. The average molecular weight is 245 g/mol. The normalized spacial score (nSPS) is 11.6. The molecule has 0 saturated carbocycles. The molecule has 1 atom stereocenters. The molecule has 0 amide bonds. The minimum atomic E-state index is -2.62. The largest absolute Gasteiger partial charge is 1.00 e. The van der Waals surface area contributed by atoms with Crippen LogP contribution in [-0.4, -0.2) is 18.7 Å². The van der Waals surface area contributed by atoms with Gasteiger partial charge in [0, 0.05) is 6.07 Å². The number of nitrogens with zero attached hydrogens (tertiary/aromatic N) is 2. The summed E-state index contributed by atoms with van der Waals surface area (Å²) in [5, 5.41) is 9.93. The standard InChI is InChI=1S/C5H3ClN2O4S.Na/c6-5-4(13(11)12)1-3(2-7-5)8(9)10;/h1-2H,(H,11,12);/q;+1/p-1. The first kappa shape index (κ1) is 13.9. The fourth-order valence-electron chi connectivity index (χ4n) is 0.634. The van der Waals surface area contributed by atoms with Gasteiger partial charge in [-0.05, 0) is 11.1 Å². The Morgan fingerprint density at radius 2 is 2.14 bits per heavy atom. The number of nitro groups is 1. The molecule has 0 aromatic carbocycles. The maximum atomic E-state index is 10.4. The molecule has 1 unspecified atom stereocenters. The summed E-state index contributed by atoms with van der Waals surface area (Å²) in [7, 11) is 0. The van der Waals surface area contributed by atoms with Gasteiger partial charge in [0.25, 0.3) is 5.69 Å². The van der Waals surface area contributed by atoms with Crippen LogP contribution in [0.4, 0.5) is 5.69 Å². The first-order chi connectivity index (χ1) is 6.02. The van der Waals surface area contributed by atoms with Crippen molar-refractivity contribution >= 4 is 28.4 Å². The van der Waals surface area contributed by atoms with E-state index in [4.69, 9.17) is 11.6 Å². The van der Waals surface area contributed by atoms with Crippen LogP contribution in [0.1, 0.15) is 0 Å². The van der Waals surface area contributed by atoms with E-state index in [1.807, 2.05) is 0 Å². The van der Waals surface area contributed by atoms with E-state index in [2.05, 4.69) is 4.98 Å². The SMILES string of the molecule is O=[N+]([O-])c1cnc(Cl)c(S(=O)[O-])c1.[Na+]. The van der Waals surface area contributed by atoms with Gasteiger partial charge in [-0.25, -0.2) is 4.98 Å². The Morgan fingerprint density at radius 3 is 2.57 bits per heavy atom. The van der Waals surface area contributed by atoms with Crippen molar-refractivity contribution in [3.8, 4) is 0 Å². The number of hydrogen-bond acceptors (Lipinski definition) is 5. The molecule has 0 bridgehead atoms. The van der Waals surface area contributed by atoms with Crippen LogP contribution in [-0.2, 0) is 11.1 Å². The third-order valence-electron chi connectivity index (χ3n) is 1.18. The molecule has 0 spiro atoms. The molecule has 1 rings (SSSR count). The molecular weight excluding hydrogens is 243 g/mol. The molecule has 6 nitrogen and oxygen atoms in total. The molecule has 0 N–H and O–H groups in total. The van der Waals surface area contributed by atoms with E-state index in [1.165, 1.54) is 0 Å². The molecule has 0 radical (unpaired) electrons. The van der Waals surface area contributed by atoms with Crippen LogP contribution < -0.4 is 29.6 Å². The second kappa shape index (κ2) is 5.74. The Bertz CT molecular complexity index is 388. The van der Waals surface area contributed by atoms with Crippen LogP contribution in [0.25, 0.3) is 0 Å². The third-order valence-corrected chi connectivity index (χ3v) is 2.27. The molecule has 0 fully saturated rings. The average Bonchev–Trinajstić information content (AvgIpc) is 2.04. The molecule has 0 aliphatic rings. The summed E-state index contributed by atoms with van der Waals surface area (Å²) in [6.45, 7) is 0. The van der Waals surface area contributed by atoms with Gasteiger partial charge in [-0.3, -0.25) is 14.3 Å². The van der Waals surface area contributed by atoms with Gasteiger partial charge in [0.05, 0.1) is 9.82 Å². The van der Waals surface area contributed by atoms with Gasteiger partial charge >= 0.3 is 29.6 Å². The summed E-state index contributed by atoms with van der Waals surface area (Å²) in [6, 6.07) is 0.846. The van der Waals surface area contributed by atoms with Crippen molar-refractivity contribution in [2.24, 2.45) is 0 Å². The molecule has 0 aliphatic carbocycles. The van der Waals surface area contributed by atoms with Crippen molar-refractivity contribution in [3.05, 3.63) is 27.5 Å². The Labute approximate surface area is 108 Å². The molecule has 14 heavy (non-hydrogen) atoms. The van der Waals surface area contributed by atoms with Gasteiger partial charge in [0.2, 0.25) is 0 Å². The van der Waals surface area contributed by atoms with E-state index in [0.29, 0.717) is 0 Å². The Kier molecular flexibility index (Phi) is 5.72. The monoisotopic (exact) mass is 244 g/mol. The number of hydrogen-bond donors (Lipinski definition) is 0. The predicted molar refractivity (Wildman–Crippen MR) is 43.1 cm³/mol. The number of halogens is 1. The number of rotatable bonds is 2. The zero-order valence-electron chi connectivity index (χ0n) is 6.97. The van der Waals surface area contributed by atoms with Crippen LogP contribution in [0.15, 0.2) is 17.2 Å². The van der Waals surface area contributed by atoms with Crippen LogP contribution in [0.2, 0.25) is 5.15 Å². The Morgan fingerprint density at radius 1 is 1.57 bits per heavy atom. The smallest absolute Gasteiger partial charge is 0.768 e. The van der Waals surface area contributed by atoms with E-state index in [-0.39, 0.29) is 39.6 Å². The van der Waals surface area contributed by atoms with Crippen LogP contribution in [0, 0.1) is 10.1 Å². The molecule has 1 heterocycles. The van der Waals surface area contributed by atoms with Crippen LogP contribution in [0.3, 0.4) is 0 Å². The second-order valence-corrected chi connectivity index (χ2v) is 3.24. The molecule has 9 heteroatoms. The van der Waals surface area contributed by atoms with Crippen molar-refractivity contribution in [3.63, 3.8) is 0 Å². The van der Waals surface area contributed by atoms with E-state index < -0.39 is 21.7 Å². The van der Waals surface area contributed by atoms with Crippen molar-refractivity contribution < 1.29 is 43.2 Å².